The lowest BCUT2D eigenvalue weighted by molar-refractivity contribution is -0.118. The maximum absolute atomic E-state index is 11.6. The summed E-state index contributed by atoms with van der Waals surface area (Å²) < 4.78 is 6.24. The van der Waals surface area contributed by atoms with Gasteiger partial charge in [-0.1, -0.05) is 35.2 Å². The number of amides is 1. The van der Waals surface area contributed by atoms with Crippen LogP contribution < -0.4 is 15.8 Å². The van der Waals surface area contributed by atoms with Crippen molar-refractivity contribution < 1.29 is 9.53 Å². The molecule has 0 aliphatic carbocycles. The van der Waals surface area contributed by atoms with Crippen LogP contribution in [0.3, 0.4) is 0 Å². The molecular weight excluding hydrogens is 308 g/mol. The predicted molar refractivity (Wildman–Crippen MR) is 84.7 cm³/mol. The summed E-state index contributed by atoms with van der Waals surface area (Å²) in [6, 6.07) is 7.79. The summed E-state index contributed by atoms with van der Waals surface area (Å²) in [7, 11) is 0. The average molecular weight is 324 g/mol. The number of thioether (sulfide) groups is 1. The molecule has 1 aromatic carbocycles. The third-order valence-corrected chi connectivity index (χ3v) is 4.32. The molecule has 8 heteroatoms. The molecule has 1 aromatic heterocycles. The molecule has 0 aliphatic heterocycles. The summed E-state index contributed by atoms with van der Waals surface area (Å²) in [4.78, 5) is 11.6. The highest BCUT2D eigenvalue weighted by Gasteiger charge is 2.06. The van der Waals surface area contributed by atoms with Crippen molar-refractivity contribution in [3.8, 4) is 5.75 Å². The quantitative estimate of drug-likeness (QED) is 0.595. The van der Waals surface area contributed by atoms with Crippen LogP contribution in [0.1, 0.15) is 5.56 Å². The number of carbonyl (C=O) groups excluding carboxylic acids is 1. The normalized spacial score (nSPS) is 10.3. The zero-order valence-corrected chi connectivity index (χ0v) is 13.2. The minimum atomic E-state index is -0.0680. The van der Waals surface area contributed by atoms with E-state index in [0.29, 0.717) is 28.4 Å². The van der Waals surface area contributed by atoms with Crippen LogP contribution >= 0.6 is 23.1 Å². The molecule has 1 heterocycles. The minimum absolute atomic E-state index is 0.0680. The molecule has 2 aromatic rings. The lowest BCUT2D eigenvalue weighted by atomic mass is 10.2. The largest absolute Gasteiger partial charge is 0.492 e. The van der Waals surface area contributed by atoms with Gasteiger partial charge < -0.3 is 15.8 Å². The summed E-state index contributed by atoms with van der Waals surface area (Å²) >= 11 is 2.59. The number of hydrogen-bond donors (Lipinski definition) is 2. The summed E-state index contributed by atoms with van der Waals surface area (Å²) in [5, 5.41) is 10.7. The smallest absolute Gasteiger partial charge is 0.230 e. The van der Waals surface area contributed by atoms with Gasteiger partial charge in [0.15, 0.2) is 4.34 Å². The van der Waals surface area contributed by atoms with Gasteiger partial charge in [0.05, 0.1) is 12.3 Å². The first kappa shape index (κ1) is 15.6. The van der Waals surface area contributed by atoms with Crippen LogP contribution in [0.15, 0.2) is 28.6 Å². The van der Waals surface area contributed by atoms with E-state index in [-0.39, 0.29) is 5.91 Å². The van der Waals surface area contributed by atoms with Crippen LogP contribution in [-0.2, 0) is 4.79 Å². The second kappa shape index (κ2) is 7.84. The van der Waals surface area contributed by atoms with Crippen molar-refractivity contribution in [2.75, 3.05) is 24.6 Å². The number of anilines is 1. The van der Waals surface area contributed by atoms with Gasteiger partial charge in [0.2, 0.25) is 11.0 Å². The molecule has 0 radical (unpaired) electrons. The number of nitrogens with zero attached hydrogens (tertiary/aromatic N) is 2. The Hall–Kier alpha value is -1.80. The van der Waals surface area contributed by atoms with E-state index in [9.17, 15) is 4.79 Å². The van der Waals surface area contributed by atoms with Crippen LogP contribution in [0.4, 0.5) is 5.13 Å². The molecule has 0 saturated heterocycles. The Morgan fingerprint density at radius 1 is 1.48 bits per heavy atom. The Morgan fingerprint density at radius 3 is 3.05 bits per heavy atom. The Balaban J connectivity index is 1.61. The number of hydrogen-bond acceptors (Lipinski definition) is 7. The highest BCUT2D eigenvalue weighted by molar-refractivity contribution is 8.01. The monoisotopic (exact) mass is 324 g/mol. The third kappa shape index (κ3) is 5.60. The number of carbonyl (C=O) groups is 1. The van der Waals surface area contributed by atoms with E-state index in [1.165, 1.54) is 23.1 Å². The summed E-state index contributed by atoms with van der Waals surface area (Å²) in [5.41, 5.74) is 6.61. The van der Waals surface area contributed by atoms with Crippen molar-refractivity contribution in [1.82, 2.24) is 15.5 Å². The third-order valence-electron chi connectivity index (χ3n) is 2.43. The number of nitrogen functional groups attached to an aromatic ring is 1. The fraction of sp³-hybridized carbons (Fsp3) is 0.308. The molecule has 21 heavy (non-hydrogen) atoms. The van der Waals surface area contributed by atoms with Crippen molar-refractivity contribution in [3.05, 3.63) is 29.8 Å². The lowest BCUT2D eigenvalue weighted by Gasteiger charge is -2.07. The van der Waals surface area contributed by atoms with Crippen LogP contribution in [-0.4, -0.2) is 35.0 Å². The van der Waals surface area contributed by atoms with Gasteiger partial charge in [0.25, 0.3) is 0 Å². The SMILES string of the molecule is Cc1cccc(OCCNC(=O)CSc2nnc(N)s2)c1. The van der Waals surface area contributed by atoms with Gasteiger partial charge in [-0.3, -0.25) is 4.79 Å². The van der Waals surface area contributed by atoms with Crippen LogP contribution in [0, 0.1) is 6.92 Å². The van der Waals surface area contributed by atoms with Crippen molar-refractivity contribution >= 4 is 34.1 Å². The standard InChI is InChI=1S/C13H16N4O2S2/c1-9-3-2-4-10(7-9)19-6-5-15-11(18)8-20-13-17-16-12(14)21-13/h2-4,7H,5-6,8H2,1H3,(H2,14,16)(H,15,18). The van der Waals surface area contributed by atoms with Gasteiger partial charge in [-0.25, -0.2) is 0 Å². The number of nitrogens with two attached hydrogens (primary N) is 1. The Morgan fingerprint density at radius 2 is 2.33 bits per heavy atom. The van der Waals surface area contributed by atoms with Gasteiger partial charge in [-0.15, -0.1) is 10.2 Å². The van der Waals surface area contributed by atoms with E-state index in [1.807, 2.05) is 31.2 Å². The van der Waals surface area contributed by atoms with Crippen LogP contribution in [0.5, 0.6) is 5.75 Å². The van der Waals surface area contributed by atoms with E-state index < -0.39 is 0 Å². The van der Waals surface area contributed by atoms with E-state index in [1.54, 1.807) is 0 Å². The molecule has 0 aliphatic rings. The van der Waals surface area contributed by atoms with Gasteiger partial charge in [-0.2, -0.15) is 0 Å². The molecule has 0 fully saturated rings. The minimum Gasteiger partial charge on any atom is -0.492 e. The van der Waals surface area contributed by atoms with E-state index in [2.05, 4.69) is 15.5 Å². The van der Waals surface area contributed by atoms with Crippen molar-refractivity contribution in [2.45, 2.75) is 11.3 Å². The number of aryl methyl sites for hydroxylation is 1. The fourth-order valence-corrected chi connectivity index (χ4v) is 2.99. The first-order chi connectivity index (χ1) is 10.1. The van der Waals surface area contributed by atoms with Crippen LogP contribution in [0.25, 0.3) is 0 Å². The molecule has 6 nitrogen and oxygen atoms in total. The average Bonchev–Trinajstić information content (AvgIpc) is 2.87. The Bertz CT molecular complexity index is 603. The zero-order valence-electron chi connectivity index (χ0n) is 11.5. The number of aromatic nitrogens is 2. The Kier molecular flexibility index (Phi) is 5.82. The molecule has 2 rings (SSSR count). The van der Waals surface area contributed by atoms with Crippen LogP contribution in [0.2, 0.25) is 0 Å². The molecule has 0 spiro atoms. The number of rotatable bonds is 7. The van der Waals surface area contributed by atoms with Gasteiger partial charge >= 0.3 is 0 Å². The molecule has 0 saturated carbocycles. The molecule has 3 N–H and O–H groups in total. The maximum Gasteiger partial charge on any atom is 0.230 e. The topological polar surface area (TPSA) is 90.1 Å². The van der Waals surface area contributed by atoms with Crippen molar-refractivity contribution in [3.63, 3.8) is 0 Å². The number of nitrogens with one attached hydrogen (secondary N) is 1. The fourth-order valence-electron chi connectivity index (χ4n) is 1.52. The lowest BCUT2D eigenvalue weighted by Crippen LogP contribution is -2.29. The molecule has 0 atom stereocenters. The zero-order chi connectivity index (χ0) is 15.1. The highest BCUT2D eigenvalue weighted by atomic mass is 32.2. The molecule has 0 bridgehead atoms. The maximum atomic E-state index is 11.6. The van der Waals surface area contributed by atoms with Crippen molar-refractivity contribution in [1.29, 1.82) is 0 Å². The second-order valence-corrected chi connectivity index (χ2v) is 6.44. The first-order valence-corrected chi connectivity index (χ1v) is 8.11. The highest BCUT2D eigenvalue weighted by Crippen LogP contribution is 2.22. The molecular formula is C13H16N4O2S2. The predicted octanol–water partition coefficient (Wildman–Crippen LogP) is 1.72. The summed E-state index contributed by atoms with van der Waals surface area (Å²) in [6.45, 7) is 2.91. The Labute approximate surface area is 131 Å². The summed E-state index contributed by atoms with van der Waals surface area (Å²) in [6.07, 6.45) is 0. The van der Waals surface area contributed by atoms with E-state index in [4.69, 9.17) is 10.5 Å². The molecule has 0 unspecified atom stereocenters. The first-order valence-electron chi connectivity index (χ1n) is 6.31. The van der Waals surface area contributed by atoms with Crippen molar-refractivity contribution in [2.24, 2.45) is 0 Å². The summed E-state index contributed by atoms with van der Waals surface area (Å²) in [5.74, 6) is 1.03. The second-order valence-electron chi connectivity index (χ2n) is 4.21. The number of ether oxygens (including phenoxy) is 1. The number of benzene rings is 1. The van der Waals surface area contributed by atoms with Gasteiger partial charge in [-0.05, 0) is 24.6 Å². The van der Waals surface area contributed by atoms with E-state index in [0.717, 1.165) is 11.3 Å². The molecule has 1 amide bonds. The molecule has 112 valence electrons. The van der Waals surface area contributed by atoms with Gasteiger partial charge in [0, 0.05) is 0 Å². The van der Waals surface area contributed by atoms with Gasteiger partial charge in [0.1, 0.15) is 12.4 Å². The van der Waals surface area contributed by atoms with E-state index >= 15 is 0 Å².